The fourth-order valence-corrected chi connectivity index (χ4v) is 2.29. The summed E-state index contributed by atoms with van der Waals surface area (Å²) in [7, 11) is -3.11. The molecule has 0 unspecified atom stereocenters. The molecule has 4 nitrogen and oxygen atoms in total. The van der Waals surface area contributed by atoms with Gasteiger partial charge in [0.15, 0.2) is 9.84 Å². The number of aliphatic hydroxyl groups is 1. The van der Waals surface area contributed by atoms with Gasteiger partial charge < -0.3 is 9.84 Å². The van der Waals surface area contributed by atoms with Crippen molar-refractivity contribution in [3.63, 3.8) is 0 Å². The summed E-state index contributed by atoms with van der Waals surface area (Å²) in [5.41, 5.74) is 1.68. The summed E-state index contributed by atoms with van der Waals surface area (Å²) >= 11 is 0. The van der Waals surface area contributed by atoms with Crippen LogP contribution >= 0.6 is 0 Å². The second-order valence-corrected chi connectivity index (χ2v) is 7.40. The van der Waals surface area contributed by atoms with E-state index in [4.69, 9.17) is 9.84 Å². The SMILES string of the molecule is Cc1ccc(OCCS(=O)(=O)C(C)C)c(C#CCO)c1. The first-order valence-corrected chi connectivity index (χ1v) is 8.13. The van der Waals surface area contributed by atoms with Gasteiger partial charge in [-0.1, -0.05) is 17.9 Å². The van der Waals surface area contributed by atoms with Crippen LogP contribution in [0.15, 0.2) is 18.2 Å². The van der Waals surface area contributed by atoms with E-state index >= 15 is 0 Å². The van der Waals surface area contributed by atoms with Crippen LogP contribution in [0, 0.1) is 18.8 Å². The number of aliphatic hydroxyl groups excluding tert-OH is 1. The van der Waals surface area contributed by atoms with Crippen LogP contribution in [0.3, 0.4) is 0 Å². The zero-order valence-electron chi connectivity index (χ0n) is 12.0. The summed E-state index contributed by atoms with van der Waals surface area (Å²) < 4.78 is 28.9. The van der Waals surface area contributed by atoms with E-state index < -0.39 is 15.1 Å². The smallest absolute Gasteiger partial charge is 0.155 e. The lowest BCUT2D eigenvalue weighted by atomic mass is 10.1. The first-order valence-electron chi connectivity index (χ1n) is 6.41. The van der Waals surface area contributed by atoms with Crippen LogP contribution in [-0.4, -0.2) is 37.7 Å². The standard InChI is InChI=1S/C15H20O4S/c1-12(2)20(17,18)10-9-19-15-7-6-13(3)11-14(15)5-4-8-16/h6-7,11-12,16H,8-10H2,1-3H3. The molecule has 0 aliphatic carbocycles. The van der Waals surface area contributed by atoms with E-state index in [-0.39, 0.29) is 19.0 Å². The summed E-state index contributed by atoms with van der Waals surface area (Å²) in [6, 6.07) is 5.48. The van der Waals surface area contributed by atoms with Gasteiger partial charge in [-0.25, -0.2) is 8.42 Å². The number of ether oxygens (including phenoxy) is 1. The lowest BCUT2D eigenvalue weighted by Crippen LogP contribution is -2.22. The van der Waals surface area contributed by atoms with E-state index in [9.17, 15) is 8.42 Å². The maximum absolute atomic E-state index is 11.7. The molecule has 1 aromatic rings. The van der Waals surface area contributed by atoms with Crippen LogP contribution in [-0.2, 0) is 9.84 Å². The van der Waals surface area contributed by atoms with Gasteiger partial charge in [0.2, 0.25) is 0 Å². The topological polar surface area (TPSA) is 63.6 Å². The Hall–Kier alpha value is -1.51. The molecule has 0 spiro atoms. The first-order chi connectivity index (χ1) is 9.36. The lowest BCUT2D eigenvalue weighted by molar-refractivity contribution is 0.339. The van der Waals surface area contributed by atoms with Gasteiger partial charge in [-0.15, -0.1) is 0 Å². The molecule has 110 valence electrons. The molecule has 5 heteroatoms. The maximum atomic E-state index is 11.7. The van der Waals surface area contributed by atoms with Crippen LogP contribution in [0.2, 0.25) is 0 Å². The summed E-state index contributed by atoms with van der Waals surface area (Å²) in [6.45, 7) is 5.10. The van der Waals surface area contributed by atoms with E-state index in [1.807, 2.05) is 19.1 Å². The Kier molecular flexibility index (Phi) is 6.05. The minimum absolute atomic E-state index is 0.0224. The van der Waals surface area contributed by atoms with Crippen LogP contribution < -0.4 is 4.74 Å². The molecular formula is C15H20O4S. The Morgan fingerprint density at radius 1 is 1.35 bits per heavy atom. The molecule has 0 aliphatic rings. The predicted molar refractivity (Wildman–Crippen MR) is 79.6 cm³/mol. The van der Waals surface area contributed by atoms with Crippen molar-refractivity contribution in [1.82, 2.24) is 0 Å². The van der Waals surface area contributed by atoms with Gasteiger partial charge in [0, 0.05) is 0 Å². The highest BCUT2D eigenvalue weighted by molar-refractivity contribution is 7.91. The van der Waals surface area contributed by atoms with Gasteiger partial charge in [0.1, 0.15) is 19.0 Å². The molecule has 0 bridgehead atoms. The zero-order chi connectivity index (χ0) is 15.2. The maximum Gasteiger partial charge on any atom is 0.155 e. The third-order valence-corrected chi connectivity index (χ3v) is 4.95. The second-order valence-electron chi connectivity index (χ2n) is 4.72. The average molecular weight is 296 g/mol. The molecule has 0 heterocycles. The number of rotatable bonds is 5. The average Bonchev–Trinajstić information content (AvgIpc) is 2.38. The Balaban J connectivity index is 2.78. The summed E-state index contributed by atoms with van der Waals surface area (Å²) in [6.07, 6.45) is 0. The first kappa shape index (κ1) is 16.5. The lowest BCUT2D eigenvalue weighted by Gasteiger charge is -2.11. The molecule has 0 atom stereocenters. The molecule has 0 saturated heterocycles. The van der Waals surface area contributed by atoms with Crippen molar-refractivity contribution in [2.24, 2.45) is 0 Å². The Bertz CT molecular complexity index is 606. The van der Waals surface area contributed by atoms with E-state index in [0.717, 1.165) is 5.56 Å². The van der Waals surface area contributed by atoms with Gasteiger partial charge in [0.25, 0.3) is 0 Å². The van der Waals surface area contributed by atoms with Gasteiger partial charge in [-0.2, -0.15) is 0 Å². The summed E-state index contributed by atoms with van der Waals surface area (Å²) in [4.78, 5) is 0. The molecule has 0 aromatic heterocycles. The minimum atomic E-state index is -3.11. The fourth-order valence-electron chi connectivity index (χ4n) is 1.51. The van der Waals surface area contributed by atoms with E-state index in [1.54, 1.807) is 19.9 Å². The molecule has 20 heavy (non-hydrogen) atoms. The number of hydrogen-bond donors (Lipinski definition) is 1. The van der Waals surface area contributed by atoms with Crippen LogP contribution in [0.1, 0.15) is 25.0 Å². The van der Waals surface area contributed by atoms with Crippen molar-refractivity contribution >= 4 is 9.84 Å². The quantitative estimate of drug-likeness (QED) is 0.837. The van der Waals surface area contributed by atoms with Crippen molar-refractivity contribution in [3.05, 3.63) is 29.3 Å². The molecule has 1 rings (SSSR count). The third-order valence-electron chi connectivity index (χ3n) is 2.78. The monoisotopic (exact) mass is 296 g/mol. The molecular weight excluding hydrogens is 276 g/mol. The molecule has 0 aliphatic heterocycles. The van der Waals surface area contributed by atoms with Crippen molar-refractivity contribution in [2.45, 2.75) is 26.0 Å². The molecule has 0 fully saturated rings. The van der Waals surface area contributed by atoms with Crippen LogP contribution in [0.4, 0.5) is 0 Å². The molecule has 0 amide bonds. The predicted octanol–water partition coefficient (Wildman–Crippen LogP) is 1.54. The highest BCUT2D eigenvalue weighted by atomic mass is 32.2. The Morgan fingerprint density at radius 2 is 2.05 bits per heavy atom. The van der Waals surface area contributed by atoms with Crippen molar-refractivity contribution < 1.29 is 18.3 Å². The van der Waals surface area contributed by atoms with Gasteiger partial charge >= 0.3 is 0 Å². The highest BCUT2D eigenvalue weighted by Crippen LogP contribution is 2.19. The second kappa shape index (κ2) is 7.32. The van der Waals surface area contributed by atoms with Crippen molar-refractivity contribution in [3.8, 4) is 17.6 Å². The van der Waals surface area contributed by atoms with E-state index in [0.29, 0.717) is 11.3 Å². The molecule has 0 saturated carbocycles. The molecule has 1 N–H and O–H groups in total. The number of sulfone groups is 1. The largest absolute Gasteiger partial charge is 0.491 e. The Labute approximate surface area is 120 Å². The van der Waals surface area contributed by atoms with Gasteiger partial charge in [-0.05, 0) is 38.5 Å². The van der Waals surface area contributed by atoms with Crippen molar-refractivity contribution in [2.75, 3.05) is 19.0 Å². The van der Waals surface area contributed by atoms with Gasteiger partial charge in [0.05, 0.1) is 16.6 Å². The zero-order valence-corrected chi connectivity index (χ0v) is 12.8. The van der Waals surface area contributed by atoms with E-state index in [1.165, 1.54) is 0 Å². The number of benzene rings is 1. The van der Waals surface area contributed by atoms with Crippen molar-refractivity contribution in [1.29, 1.82) is 0 Å². The molecule has 0 radical (unpaired) electrons. The summed E-state index contributed by atoms with van der Waals surface area (Å²) in [5.74, 6) is 5.88. The third kappa shape index (κ3) is 4.87. The summed E-state index contributed by atoms with van der Waals surface area (Å²) in [5, 5.41) is 8.33. The highest BCUT2D eigenvalue weighted by Gasteiger charge is 2.16. The number of aryl methyl sites for hydroxylation is 1. The van der Waals surface area contributed by atoms with E-state index in [2.05, 4.69) is 11.8 Å². The number of hydrogen-bond acceptors (Lipinski definition) is 4. The minimum Gasteiger partial charge on any atom is -0.491 e. The normalized spacial score (nSPS) is 11.1. The Morgan fingerprint density at radius 3 is 2.65 bits per heavy atom. The van der Waals surface area contributed by atoms with Gasteiger partial charge in [-0.3, -0.25) is 0 Å². The van der Waals surface area contributed by atoms with Crippen LogP contribution in [0.5, 0.6) is 5.75 Å². The molecule has 1 aromatic carbocycles. The van der Waals surface area contributed by atoms with Crippen LogP contribution in [0.25, 0.3) is 0 Å². The fraction of sp³-hybridized carbons (Fsp3) is 0.467.